The van der Waals surface area contributed by atoms with E-state index in [1.165, 1.54) is 0 Å². The van der Waals surface area contributed by atoms with Crippen LogP contribution in [0.25, 0.3) is 0 Å². The number of aromatic nitrogens is 1. The fourth-order valence-electron chi connectivity index (χ4n) is 0.990. The average Bonchev–Trinajstić information content (AvgIpc) is 2.20. The summed E-state index contributed by atoms with van der Waals surface area (Å²) in [6.45, 7) is 4.12. The molecular formula is C10H18N4O. The zero-order valence-corrected chi connectivity index (χ0v) is 9.12. The SMILES string of the molecule is CCC(C)(O)CNc1ccc(N)c(N)n1. The molecule has 1 rings (SSSR count). The highest BCUT2D eigenvalue weighted by Gasteiger charge is 2.16. The number of nitrogen functional groups attached to an aromatic ring is 2. The van der Waals surface area contributed by atoms with Crippen molar-refractivity contribution in [1.29, 1.82) is 0 Å². The molecule has 0 aliphatic rings. The van der Waals surface area contributed by atoms with E-state index in [1.807, 2.05) is 6.92 Å². The number of nitrogens with zero attached hydrogens (tertiary/aromatic N) is 1. The third-order valence-electron chi connectivity index (χ3n) is 2.37. The normalized spacial score (nSPS) is 14.6. The van der Waals surface area contributed by atoms with Crippen molar-refractivity contribution in [3.05, 3.63) is 12.1 Å². The summed E-state index contributed by atoms with van der Waals surface area (Å²) in [5, 5.41) is 12.8. The highest BCUT2D eigenvalue weighted by molar-refractivity contribution is 5.61. The number of nitrogens with two attached hydrogens (primary N) is 2. The Morgan fingerprint density at radius 3 is 2.67 bits per heavy atom. The van der Waals surface area contributed by atoms with E-state index in [-0.39, 0.29) is 0 Å². The molecule has 0 fully saturated rings. The summed E-state index contributed by atoms with van der Waals surface area (Å²) >= 11 is 0. The topological polar surface area (TPSA) is 97.2 Å². The zero-order valence-electron chi connectivity index (χ0n) is 9.12. The Bertz CT molecular complexity index is 338. The Morgan fingerprint density at radius 2 is 2.13 bits per heavy atom. The fourth-order valence-corrected chi connectivity index (χ4v) is 0.990. The summed E-state index contributed by atoms with van der Waals surface area (Å²) in [5.74, 6) is 0.923. The molecule has 6 N–H and O–H groups in total. The van der Waals surface area contributed by atoms with Crippen molar-refractivity contribution < 1.29 is 5.11 Å². The van der Waals surface area contributed by atoms with Crippen LogP contribution in [-0.4, -0.2) is 22.2 Å². The second-order valence-corrected chi connectivity index (χ2v) is 3.88. The molecule has 0 bridgehead atoms. The van der Waals surface area contributed by atoms with Gasteiger partial charge in [0.1, 0.15) is 11.6 Å². The first-order valence-corrected chi connectivity index (χ1v) is 4.93. The summed E-state index contributed by atoms with van der Waals surface area (Å²) in [7, 11) is 0. The molecule has 0 amide bonds. The molecule has 0 aliphatic carbocycles. The van der Waals surface area contributed by atoms with Gasteiger partial charge in [0, 0.05) is 6.54 Å². The lowest BCUT2D eigenvalue weighted by Gasteiger charge is -2.21. The number of pyridine rings is 1. The van der Waals surface area contributed by atoms with Crippen LogP contribution in [0, 0.1) is 0 Å². The van der Waals surface area contributed by atoms with Gasteiger partial charge in [0.2, 0.25) is 0 Å². The van der Waals surface area contributed by atoms with E-state index in [0.29, 0.717) is 30.3 Å². The van der Waals surface area contributed by atoms with Crippen LogP contribution in [0.5, 0.6) is 0 Å². The lowest BCUT2D eigenvalue weighted by atomic mass is 10.0. The first-order chi connectivity index (χ1) is 6.94. The fraction of sp³-hybridized carbons (Fsp3) is 0.500. The van der Waals surface area contributed by atoms with Crippen LogP contribution >= 0.6 is 0 Å². The number of nitrogens with one attached hydrogen (secondary N) is 1. The van der Waals surface area contributed by atoms with Gasteiger partial charge in [0.15, 0.2) is 0 Å². The average molecular weight is 210 g/mol. The molecule has 15 heavy (non-hydrogen) atoms. The molecule has 0 aromatic carbocycles. The second-order valence-electron chi connectivity index (χ2n) is 3.88. The Labute approximate surface area is 89.5 Å². The molecule has 1 unspecified atom stereocenters. The van der Waals surface area contributed by atoms with E-state index >= 15 is 0 Å². The third kappa shape index (κ3) is 3.28. The Hall–Kier alpha value is -1.49. The van der Waals surface area contributed by atoms with E-state index in [9.17, 15) is 5.11 Å². The van der Waals surface area contributed by atoms with Crippen molar-refractivity contribution in [3.8, 4) is 0 Å². The molecule has 1 aromatic rings. The Morgan fingerprint density at radius 1 is 1.47 bits per heavy atom. The van der Waals surface area contributed by atoms with Gasteiger partial charge in [-0.15, -0.1) is 0 Å². The minimum Gasteiger partial charge on any atom is -0.396 e. The van der Waals surface area contributed by atoms with Gasteiger partial charge in [0.25, 0.3) is 0 Å². The molecule has 1 atom stereocenters. The van der Waals surface area contributed by atoms with Crippen molar-refractivity contribution in [1.82, 2.24) is 4.98 Å². The molecule has 84 valence electrons. The number of hydrogen-bond acceptors (Lipinski definition) is 5. The van der Waals surface area contributed by atoms with Gasteiger partial charge < -0.3 is 21.9 Å². The number of anilines is 3. The van der Waals surface area contributed by atoms with Crippen LogP contribution in [-0.2, 0) is 0 Å². The van der Waals surface area contributed by atoms with Crippen LogP contribution in [0.1, 0.15) is 20.3 Å². The third-order valence-corrected chi connectivity index (χ3v) is 2.37. The minimum atomic E-state index is -0.738. The van der Waals surface area contributed by atoms with Crippen LogP contribution in [0.15, 0.2) is 12.1 Å². The number of rotatable bonds is 4. The molecule has 0 saturated carbocycles. The quantitative estimate of drug-likeness (QED) is 0.590. The van der Waals surface area contributed by atoms with Gasteiger partial charge in [-0.2, -0.15) is 0 Å². The summed E-state index contributed by atoms with van der Waals surface area (Å²) < 4.78 is 0. The molecule has 0 saturated heterocycles. The molecule has 5 nitrogen and oxygen atoms in total. The van der Waals surface area contributed by atoms with Crippen molar-refractivity contribution in [2.24, 2.45) is 0 Å². The highest BCUT2D eigenvalue weighted by Crippen LogP contribution is 2.16. The molecular weight excluding hydrogens is 192 g/mol. The largest absolute Gasteiger partial charge is 0.396 e. The maximum absolute atomic E-state index is 9.76. The summed E-state index contributed by atoms with van der Waals surface area (Å²) in [6.07, 6.45) is 0.671. The van der Waals surface area contributed by atoms with Gasteiger partial charge in [-0.3, -0.25) is 0 Å². The second kappa shape index (κ2) is 4.35. The van der Waals surface area contributed by atoms with Crippen LogP contribution in [0.4, 0.5) is 17.3 Å². The predicted molar refractivity (Wildman–Crippen MR) is 62.5 cm³/mol. The Balaban J connectivity index is 2.62. The summed E-state index contributed by atoms with van der Waals surface area (Å²) in [5.41, 5.74) is 10.8. The maximum atomic E-state index is 9.76. The van der Waals surface area contributed by atoms with Crippen molar-refractivity contribution in [3.63, 3.8) is 0 Å². The minimum absolute atomic E-state index is 0.302. The lowest BCUT2D eigenvalue weighted by Crippen LogP contribution is -2.32. The number of hydrogen-bond donors (Lipinski definition) is 4. The van der Waals surface area contributed by atoms with Gasteiger partial charge in [-0.1, -0.05) is 6.92 Å². The molecule has 0 aliphatic heterocycles. The molecule has 0 spiro atoms. The first-order valence-electron chi connectivity index (χ1n) is 4.93. The molecule has 0 radical (unpaired) electrons. The van der Waals surface area contributed by atoms with Crippen LogP contribution in [0.2, 0.25) is 0 Å². The first kappa shape index (κ1) is 11.6. The van der Waals surface area contributed by atoms with Crippen molar-refractivity contribution in [2.75, 3.05) is 23.3 Å². The number of aliphatic hydroxyl groups is 1. The van der Waals surface area contributed by atoms with Crippen molar-refractivity contribution in [2.45, 2.75) is 25.9 Å². The van der Waals surface area contributed by atoms with E-state index in [1.54, 1.807) is 19.1 Å². The molecule has 5 heteroatoms. The summed E-state index contributed by atoms with van der Waals surface area (Å²) in [6, 6.07) is 3.42. The molecule has 1 aromatic heterocycles. The van der Waals surface area contributed by atoms with Gasteiger partial charge in [-0.05, 0) is 25.5 Å². The van der Waals surface area contributed by atoms with Gasteiger partial charge >= 0.3 is 0 Å². The standard InChI is InChI=1S/C10H18N4O/c1-3-10(2,15)6-13-8-5-4-7(11)9(12)14-8/h4-5,15H,3,6,11H2,1-2H3,(H3,12,13,14). The molecule has 1 heterocycles. The van der Waals surface area contributed by atoms with E-state index in [0.717, 1.165) is 0 Å². The van der Waals surface area contributed by atoms with Crippen LogP contribution in [0.3, 0.4) is 0 Å². The maximum Gasteiger partial charge on any atom is 0.149 e. The highest BCUT2D eigenvalue weighted by atomic mass is 16.3. The smallest absolute Gasteiger partial charge is 0.149 e. The van der Waals surface area contributed by atoms with Crippen molar-refractivity contribution >= 4 is 17.3 Å². The van der Waals surface area contributed by atoms with E-state index in [2.05, 4.69) is 10.3 Å². The van der Waals surface area contributed by atoms with E-state index in [4.69, 9.17) is 11.5 Å². The predicted octanol–water partition coefficient (Wildman–Crippen LogP) is 0.819. The zero-order chi connectivity index (χ0) is 11.5. The summed E-state index contributed by atoms with van der Waals surface area (Å²) in [4.78, 5) is 4.04. The van der Waals surface area contributed by atoms with Crippen LogP contribution < -0.4 is 16.8 Å². The Kier molecular flexibility index (Phi) is 3.36. The van der Waals surface area contributed by atoms with Gasteiger partial charge in [-0.25, -0.2) is 4.98 Å². The lowest BCUT2D eigenvalue weighted by molar-refractivity contribution is 0.0696. The van der Waals surface area contributed by atoms with Gasteiger partial charge in [0.05, 0.1) is 11.3 Å². The van der Waals surface area contributed by atoms with E-state index < -0.39 is 5.60 Å². The monoisotopic (exact) mass is 210 g/mol.